The zero-order chi connectivity index (χ0) is 20.9. The second kappa shape index (κ2) is 8.92. The van der Waals surface area contributed by atoms with Gasteiger partial charge in [0.2, 0.25) is 5.91 Å². The van der Waals surface area contributed by atoms with Gasteiger partial charge in [0.15, 0.2) is 0 Å². The normalized spacial score (nSPS) is 12.2. The molecule has 5 nitrogen and oxygen atoms in total. The van der Waals surface area contributed by atoms with E-state index in [1.165, 1.54) is 16.4 Å². The van der Waals surface area contributed by atoms with Gasteiger partial charge >= 0.3 is 0 Å². The summed E-state index contributed by atoms with van der Waals surface area (Å²) in [7, 11) is -3.90. The molecule has 0 spiro atoms. The molecule has 29 heavy (non-hydrogen) atoms. The number of hydrogen-bond acceptors (Lipinski definition) is 3. The van der Waals surface area contributed by atoms with Crippen LogP contribution < -0.4 is 9.62 Å². The van der Waals surface area contributed by atoms with Gasteiger partial charge in [0.25, 0.3) is 10.0 Å². The first-order chi connectivity index (χ1) is 13.9. The third-order valence-electron chi connectivity index (χ3n) is 4.68. The number of anilines is 1. The Kier molecular flexibility index (Phi) is 6.34. The van der Waals surface area contributed by atoms with Crippen LogP contribution in [0.3, 0.4) is 0 Å². The standard InChI is InChI=1S/C23H24N2O3S/c1-18-11-9-10-16-22(18)25(29(27,28)21-14-7-4-8-15-21)17-23(26)24-19(2)20-12-5-3-6-13-20/h3-16,19H,17H2,1-2H3,(H,24,26)/t19-/m1/s1. The molecule has 0 heterocycles. The third-order valence-corrected chi connectivity index (χ3v) is 6.45. The summed E-state index contributed by atoms with van der Waals surface area (Å²) in [6.07, 6.45) is 0. The van der Waals surface area contributed by atoms with Gasteiger partial charge in [-0.2, -0.15) is 0 Å². The number of aryl methyl sites for hydroxylation is 1. The topological polar surface area (TPSA) is 66.5 Å². The van der Waals surface area contributed by atoms with Crippen molar-refractivity contribution in [2.75, 3.05) is 10.8 Å². The molecule has 0 aliphatic heterocycles. The number of carbonyl (C=O) groups is 1. The molecule has 1 amide bonds. The van der Waals surface area contributed by atoms with Crippen LogP contribution in [0, 0.1) is 6.92 Å². The maximum Gasteiger partial charge on any atom is 0.264 e. The van der Waals surface area contributed by atoms with E-state index >= 15 is 0 Å². The Morgan fingerprint density at radius 1 is 0.897 bits per heavy atom. The molecule has 0 bridgehead atoms. The first-order valence-corrected chi connectivity index (χ1v) is 10.8. The monoisotopic (exact) mass is 408 g/mol. The highest BCUT2D eigenvalue weighted by Crippen LogP contribution is 2.26. The van der Waals surface area contributed by atoms with Gasteiger partial charge < -0.3 is 5.32 Å². The minimum absolute atomic E-state index is 0.146. The van der Waals surface area contributed by atoms with Crippen LogP contribution in [0.1, 0.15) is 24.1 Å². The predicted molar refractivity (Wildman–Crippen MR) is 115 cm³/mol. The number of rotatable bonds is 7. The van der Waals surface area contributed by atoms with E-state index < -0.39 is 10.0 Å². The fourth-order valence-electron chi connectivity index (χ4n) is 3.11. The van der Waals surface area contributed by atoms with Gasteiger partial charge in [0.1, 0.15) is 6.54 Å². The fourth-order valence-corrected chi connectivity index (χ4v) is 4.61. The van der Waals surface area contributed by atoms with Crippen LogP contribution in [0.15, 0.2) is 89.8 Å². The van der Waals surface area contributed by atoms with Crippen LogP contribution in [-0.2, 0) is 14.8 Å². The van der Waals surface area contributed by atoms with Gasteiger partial charge in [-0.25, -0.2) is 8.42 Å². The Labute approximate surface area is 172 Å². The number of sulfonamides is 1. The van der Waals surface area contributed by atoms with E-state index in [0.29, 0.717) is 5.69 Å². The van der Waals surface area contributed by atoms with Crippen molar-refractivity contribution >= 4 is 21.6 Å². The average molecular weight is 409 g/mol. The van der Waals surface area contributed by atoms with Crippen LogP contribution >= 0.6 is 0 Å². The van der Waals surface area contributed by atoms with Gasteiger partial charge in [0, 0.05) is 0 Å². The van der Waals surface area contributed by atoms with E-state index in [1.807, 2.05) is 56.3 Å². The van der Waals surface area contributed by atoms with E-state index in [1.54, 1.807) is 30.3 Å². The largest absolute Gasteiger partial charge is 0.348 e. The van der Waals surface area contributed by atoms with Crippen molar-refractivity contribution in [1.29, 1.82) is 0 Å². The summed E-state index contributed by atoms with van der Waals surface area (Å²) in [6.45, 7) is 3.39. The minimum Gasteiger partial charge on any atom is -0.348 e. The van der Waals surface area contributed by atoms with Gasteiger partial charge in [-0.05, 0) is 43.2 Å². The lowest BCUT2D eigenvalue weighted by molar-refractivity contribution is -0.120. The number of amides is 1. The summed E-state index contributed by atoms with van der Waals surface area (Å²) in [5, 5.41) is 2.89. The lowest BCUT2D eigenvalue weighted by Gasteiger charge is -2.26. The van der Waals surface area contributed by atoms with Crippen molar-refractivity contribution in [2.45, 2.75) is 24.8 Å². The Morgan fingerprint density at radius 2 is 1.45 bits per heavy atom. The molecule has 0 radical (unpaired) electrons. The Bertz CT molecular complexity index is 1070. The van der Waals surface area contributed by atoms with E-state index in [9.17, 15) is 13.2 Å². The number of benzene rings is 3. The van der Waals surface area contributed by atoms with Crippen LogP contribution in [0.2, 0.25) is 0 Å². The molecule has 3 aromatic carbocycles. The molecule has 0 fully saturated rings. The number of hydrogen-bond donors (Lipinski definition) is 1. The smallest absolute Gasteiger partial charge is 0.264 e. The second-order valence-corrected chi connectivity index (χ2v) is 8.67. The number of nitrogens with zero attached hydrogens (tertiary/aromatic N) is 1. The van der Waals surface area contributed by atoms with Crippen molar-refractivity contribution in [3.05, 3.63) is 96.1 Å². The average Bonchev–Trinajstić information content (AvgIpc) is 2.74. The maximum atomic E-state index is 13.3. The van der Waals surface area contributed by atoms with E-state index in [4.69, 9.17) is 0 Å². The van der Waals surface area contributed by atoms with Crippen LogP contribution in [0.4, 0.5) is 5.69 Å². The highest BCUT2D eigenvalue weighted by molar-refractivity contribution is 7.92. The summed E-state index contributed by atoms with van der Waals surface area (Å²) < 4.78 is 27.8. The Hall–Kier alpha value is -3.12. The summed E-state index contributed by atoms with van der Waals surface area (Å²) in [5.41, 5.74) is 2.21. The van der Waals surface area contributed by atoms with Crippen LogP contribution in [-0.4, -0.2) is 20.9 Å². The third kappa shape index (κ3) is 4.84. The molecule has 0 aromatic heterocycles. The lowest BCUT2D eigenvalue weighted by atomic mass is 10.1. The molecule has 0 saturated heterocycles. The Balaban J connectivity index is 1.90. The number of nitrogens with one attached hydrogen (secondary N) is 1. The molecule has 3 rings (SSSR count). The van der Waals surface area contributed by atoms with Gasteiger partial charge in [-0.3, -0.25) is 9.10 Å². The van der Waals surface area contributed by atoms with Crippen molar-refractivity contribution in [3.8, 4) is 0 Å². The minimum atomic E-state index is -3.90. The predicted octanol–water partition coefficient (Wildman–Crippen LogP) is 4.07. The zero-order valence-corrected chi connectivity index (χ0v) is 17.3. The Morgan fingerprint density at radius 3 is 2.07 bits per heavy atom. The number of para-hydroxylation sites is 1. The first kappa shape index (κ1) is 20.6. The summed E-state index contributed by atoms with van der Waals surface area (Å²) in [5.74, 6) is -0.371. The molecule has 6 heteroatoms. The van der Waals surface area contributed by atoms with Crippen LogP contribution in [0.5, 0.6) is 0 Å². The van der Waals surface area contributed by atoms with E-state index in [-0.39, 0.29) is 23.4 Å². The van der Waals surface area contributed by atoms with Crippen molar-refractivity contribution in [3.63, 3.8) is 0 Å². The number of carbonyl (C=O) groups excluding carboxylic acids is 1. The van der Waals surface area contributed by atoms with E-state index in [0.717, 1.165) is 11.1 Å². The molecule has 3 aromatic rings. The van der Waals surface area contributed by atoms with Crippen LogP contribution in [0.25, 0.3) is 0 Å². The molecule has 150 valence electrons. The van der Waals surface area contributed by atoms with Gasteiger partial charge in [0.05, 0.1) is 16.6 Å². The first-order valence-electron chi connectivity index (χ1n) is 9.37. The van der Waals surface area contributed by atoms with Crippen molar-refractivity contribution in [2.24, 2.45) is 0 Å². The quantitative estimate of drug-likeness (QED) is 0.641. The molecular formula is C23H24N2O3S. The molecule has 1 atom stereocenters. The highest BCUT2D eigenvalue weighted by atomic mass is 32.2. The summed E-state index contributed by atoms with van der Waals surface area (Å²) in [6, 6.07) is 24.6. The highest BCUT2D eigenvalue weighted by Gasteiger charge is 2.28. The van der Waals surface area contributed by atoms with E-state index in [2.05, 4.69) is 5.32 Å². The molecular weight excluding hydrogens is 384 g/mol. The molecule has 0 saturated carbocycles. The molecule has 0 aliphatic rings. The second-order valence-electron chi connectivity index (χ2n) is 6.81. The summed E-state index contributed by atoms with van der Waals surface area (Å²) >= 11 is 0. The maximum absolute atomic E-state index is 13.3. The molecule has 0 unspecified atom stereocenters. The molecule has 1 N–H and O–H groups in total. The fraction of sp³-hybridized carbons (Fsp3) is 0.174. The van der Waals surface area contributed by atoms with Crippen molar-refractivity contribution in [1.82, 2.24) is 5.32 Å². The lowest BCUT2D eigenvalue weighted by Crippen LogP contribution is -2.41. The summed E-state index contributed by atoms with van der Waals surface area (Å²) in [4.78, 5) is 12.9. The van der Waals surface area contributed by atoms with Gasteiger partial charge in [-0.15, -0.1) is 0 Å². The van der Waals surface area contributed by atoms with Gasteiger partial charge in [-0.1, -0.05) is 66.7 Å². The van der Waals surface area contributed by atoms with Crippen molar-refractivity contribution < 1.29 is 13.2 Å². The molecule has 0 aliphatic carbocycles. The SMILES string of the molecule is Cc1ccccc1N(CC(=O)N[C@H](C)c1ccccc1)S(=O)(=O)c1ccccc1. The zero-order valence-electron chi connectivity index (χ0n) is 16.4.